The van der Waals surface area contributed by atoms with Gasteiger partial charge in [-0.2, -0.15) is 0 Å². The van der Waals surface area contributed by atoms with Gasteiger partial charge in [0.2, 0.25) is 0 Å². The molecule has 0 radical (unpaired) electrons. The van der Waals surface area contributed by atoms with Crippen molar-refractivity contribution in [1.29, 1.82) is 0 Å². The minimum atomic E-state index is -0.597. The van der Waals surface area contributed by atoms with Crippen LogP contribution >= 0.6 is 15.9 Å². The van der Waals surface area contributed by atoms with E-state index in [4.69, 9.17) is 9.47 Å². The van der Waals surface area contributed by atoms with Crippen LogP contribution in [0.4, 0.5) is 0 Å². The molecule has 5 nitrogen and oxygen atoms in total. The molecular formula is C18H18BrNO4. The molecule has 0 aliphatic heterocycles. The smallest absolute Gasteiger partial charge is 0.344 e. The molecule has 2 aromatic rings. The molecule has 2 rings (SSSR count). The Hall–Kier alpha value is -2.34. The van der Waals surface area contributed by atoms with Gasteiger partial charge in [0.05, 0.1) is 6.04 Å². The second kappa shape index (κ2) is 9.08. The van der Waals surface area contributed by atoms with E-state index in [1.165, 1.54) is 0 Å². The summed E-state index contributed by atoms with van der Waals surface area (Å²) in [6, 6.07) is 16.5. The molecule has 126 valence electrons. The lowest BCUT2D eigenvalue weighted by atomic mass is 10.1. The number of hydrogen-bond donors (Lipinski definition) is 1. The molecule has 1 atom stereocenters. The molecule has 2 aromatic carbocycles. The van der Waals surface area contributed by atoms with Gasteiger partial charge in [-0.05, 0) is 36.8 Å². The molecule has 0 aromatic heterocycles. The van der Waals surface area contributed by atoms with Crippen LogP contribution in [0.2, 0.25) is 0 Å². The third kappa shape index (κ3) is 6.04. The van der Waals surface area contributed by atoms with E-state index in [0.29, 0.717) is 5.75 Å². The average Bonchev–Trinajstić information content (AvgIpc) is 2.60. The summed E-state index contributed by atoms with van der Waals surface area (Å²) in [5, 5.41) is 2.77. The van der Waals surface area contributed by atoms with Gasteiger partial charge in [-0.1, -0.05) is 46.3 Å². The van der Waals surface area contributed by atoms with E-state index in [1.807, 2.05) is 37.3 Å². The number of ether oxygens (including phenoxy) is 2. The van der Waals surface area contributed by atoms with Crippen LogP contribution in [-0.2, 0) is 14.3 Å². The van der Waals surface area contributed by atoms with Gasteiger partial charge in [-0.15, -0.1) is 0 Å². The van der Waals surface area contributed by atoms with Crippen LogP contribution in [0.25, 0.3) is 0 Å². The average molecular weight is 392 g/mol. The fraction of sp³-hybridized carbons (Fsp3) is 0.222. The fourth-order valence-corrected chi connectivity index (χ4v) is 2.23. The summed E-state index contributed by atoms with van der Waals surface area (Å²) in [4.78, 5) is 23.4. The largest absolute Gasteiger partial charge is 0.482 e. The lowest BCUT2D eigenvalue weighted by Crippen LogP contribution is -2.31. The maximum Gasteiger partial charge on any atom is 0.344 e. The number of hydrogen-bond acceptors (Lipinski definition) is 4. The number of rotatable bonds is 7. The van der Waals surface area contributed by atoms with Crippen molar-refractivity contribution in [2.45, 2.75) is 13.0 Å². The van der Waals surface area contributed by atoms with Crippen molar-refractivity contribution in [1.82, 2.24) is 5.32 Å². The van der Waals surface area contributed by atoms with Crippen LogP contribution in [0.1, 0.15) is 18.5 Å². The summed E-state index contributed by atoms with van der Waals surface area (Å²) in [5.41, 5.74) is 0.982. The molecule has 0 aliphatic rings. The van der Waals surface area contributed by atoms with Gasteiger partial charge in [0.1, 0.15) is 5.75 Å². The van der Waals surface area contributed by atoms with E-state index in [2.05, 4.69) is 21.2 Å². The number of esters is 1. The normalized spacial score (nSPS) is 11.4. The molecule has 0 heterocycles. The van der Waals surface area contributed by atoms with Gasteiger partial charge in [-0.25, -0.2) is 4.79 Å². The predicted octanol–water partition coefficient (Wildman–Crippen LogP) is 3.25. The van der Waals surface area contributed by atoms with Crippen molar-refractivity contribution in [2.24, 2.45) is 0 Å². The van der Waals surface area contributed by atoms with Gasteiger partial charge in [0.15, 0.2) is 13.2 Å². The van der Waals surface area contributed by atoms with Crippen molar-refractivity contribution >= 4 is 27.8 Å². The van der Waals surface area contributed by atoms with E-state index >= 15 is 0 Å². The first-order valence-corrected chi connectivity index (χ1v) is 8.22. The lowest BCUT2D eigenvalue weighted by molar-refractivity contribution is -0.150. The van der Waals surface area contributed by atoms with E-state index < -0.39 is 5.97 Å². The monoisotopic (exact) mass is 391 g/mol. The van der Waals surface area contributed by atoms with Gasteiger partial charge in [0.25, 0.3) is 5.91 Å². The maximum absolute atomic E-state index is 11.8. The third-order valence-corrected chi connectivity index (χ3v) is 3.74. The van der Waals surface area contributed by atoms with Crippen molar-refractivity contribution in [3.05, 3.63) is 64.6 Å². The van der Waals surface area contributed by atoms with Gasteiger partial charge < -0.3 is 14.8 Å². The summed E-state index contributed by atoms with van der Waals surface area (Å²) in [6.45, 7) is 1.29. The van der Waals surface area contributed by atoms with E-state index in [0.717, 1.165) is 10.0 Å². The summed E-state index contributed by atoms with van der Waals surface area (Å²) in [6.07, 6.45) is 0. The van der Waals surface area contributed by atoms with Crippen LogP contribution < -0.4 is 10.1 Å². The van der Waals surface area contributed by atoms with E-state index in [-0.39, 0.29) is 25.2 Å². The Bertz CT molecular complexity index is 673. The zero-order valence-corrected chi connectivity index (χ0v) is 14.8. The standard InChI is InChI=1S/C18H18BrNO4/c1-13(14-5-3-2-4-6-14)20-17(21)11-24-18(22)12-23-16-9-7-15(19)8-10-16/h2-10,13H,11-12H2,1H3,(H,20,21)/t13-/m1/s1. The Labute approximate surface area is 149 Å². The molecule has 6 heteroatoms. The van der Waals surface area contributed by atoms with Crippen molar-refractivity contribution in [2.75, 3.05) is 13.2 Å². The molecule has 0 saturated heterocycles. The number of carbonyl (C=O) groups excluding carboxylic acids is 2. The predicted molar refractivity (Wildman–Crippen MR) is 93.6 cm³/mol. The van der Waals surface area contributed by atoms with Crippen molar-refractivity contribution in [3.8, 4) is 5.75 Å². The van der Waals surface area contributed by atoms with Crippen molar-refractivity contribution < 1.29 is 19.1 Å². The third-order valence-electron chi connectivity index (χ3n) is 3.21. The fourth-order valence-electron chi connectivity index (χ4n) is 1.97. The summed E-state index contributed by atoms with van der Waals surface area (Å²) < 4.78 is 11.1. The molecule has 0 aliphatic carbocycles. The summed E-state index contributed by atoms with van der Waals surface area (Å²) >= 11 is 3.31. The molecule has 0 unspecified atom stereocenters. The minimum absolute atomic E-state index is 0.156. The van der Waals surface area contributed by atoms with Gasteiger partial charge >= 0.3 is 5.97 Å². The van der Waals surface area contributed by atoms with Gasteiger partial charge in [0, 0.05) is 4.47 Å². The van der Waals surface area contributed by atoms with E-state index in [9.17, 15) is 9.59 Å². The lowest BCUT2D eigenvalue weighted by Gasteiger charge is -2.14. The Morgan fingerprint density at radius 3 is 2.38 bits per heavy atom. The number of amides is 1. The summed E-state index contributed by atoms with van der Waals surface area (Å²) in [7, 11) is 0. The zero-order chi connectivity index (χ0) is 17.4. The molecule has 24 heavy (non-hydrogen) atoms. The first-order chi connectivity index (χ1) is 11.5. The van der Waals surface area contributed by atoms with Crippen LogP contribution in [0, 0.1) is 0 Å². The summed E-state index contributed by atoms with van der Waals surface area (Å²) in [5.74, 6) is -0.402. The number of halogens is 1. The molecule has 1 amide bonds. The highest BCUT2D eigenvalue weighted by molar-refractivity contribution is 9.10. The van der Waals surface area contributed by atoms with E-state index in [1.54, 1.807) is 24.3 Å². The molecule has 0 fully saturated rings. The Morgan fingerprint density at radius 1 is 1.04 bits per heavy atom. The van der Waals surface area contributed by atoms with Crippen molar-refractivity contribution in [3.63, 3.8) is 0 Å². The second-order valence-electron chi connectivity index (χ2n) is 5.10. The first-order valence-electron chi connectivity index (χ1n) is 7.43. The van der Waals surface area contributed by atoms with Crippen LogP contribution in [0.15, 0.2) is 59.1 Å². The number of nitrogens with one attached hydrogen (secondary N) is 1. The highest BCUT2D eigenvalue weighted by Crippen LogP contribution is 2.16. The SMILES string of the molecule is C[C@@H](NC(=O)COC(=O)COc1ccc(Br)cc1)c1ccccc1. The highest BCUT2D eigenvalue weighted by Gasteiger charge is 2.12. The molecule has 0 saturated carbocycles. The molecule has 0 spiro atoms. The molecule has 1 N–H and O–H groups in total. The topological polar surface area (TPSA) is 64.6 Å². The Balaban J connectivity index is 1.69. The Kier molecular flexibility index (Phi) is 6.81. The zero-order valence-electron chi connectivity index (χ0n) is 13.2. The quantitative estimate of drug-likeness (QED) is 0.735. The second-order valence-corrected chi connectivity index (χ2v) is 6.02. The maximum atomic E-state index is 11.8. The molecular weight excluding hydrogens is 374 g/mol. The van der Waals surface area contributed by atoms with Crippen LogP contribution in [0.3, 0.4) is 0 Å². The Morgan fingerprint density at radius 2 is 1.71 bits per heavy atom. The van der Waals surface area contributed by atoms with Gasteiger partial charge in [-0.3, -0.25) is 4.79 Å². The number of carbonyl (C=O) groups is 2. The number of benzene rings is 2. The molecule has 0 bridgehead atoms. The minimum Gasteiger partial charge on any atom is -0.482 e. The van der Waals surface area contributed by atoms with Crippen LogP contribution in [0.5, 0.6) is 5.75 Å². The van der Waals surface area contributed by atoms with Crippen LogP contribution in [-0.4, -0.2) is 25.1 Å². The first kappa shape index (κ1) is 18.0. The highest BCUT2D eigenvalue weighted by atomic mass is 79.9.